The number of rotatable bonds is 4. The Kier molecular flexibility index (Phi) is 3.45. The fraction of sp³-hybridized carbons (Fsp3) is 0.400. The molecule has 0 aromatic heterocycles. The fourth-order valence-corrected chi connectivity index (χ4v) is 1.03. The minimum absolute atomic E-state index is 0.302. The van der Waals surface area contributed by atoms with Crippen molar-refractivity contribution in [2.75, 3.05) is 6.61 Å². The van der Waals surface area contributed by atoms with Gasteiger partial charge in [0.25, 0.3) is 0 Å². The average Bonchev–Trinajstić information content (AvgIpc) is 2.88. The molecular formula is C10H12O4. The molecule has 0 aromatic carbocycles. The van der Waals surface area contributed by atoms with Crippen LogP contribution in [0.1, 0.15) is 19.8 Å². The van der Waals surface area contributed by atoms with Crippen LogP contribution in [0.2, 0.25) is 0 Å². The van der Waals surface area contributed by atoms with Crippen LogP contribution in [0.25, 0.3) is 0 Å². The Morgan fingerprint density at radius 3 is 2.50 bits per heavy atom. The van der Waals surface area contributed by atoms with E-state index in [2.05, 4.69) is 0 Å². The van der Waals surface area contributed by atoms with Crippen molar-refractivity contribution in [2.24, 2.45) is 0 Å². The molecular weight excluding hydrogens is 184 g/mol. The van der Waals surface area contributed by atoms with Crippen molar-refractivity contribution in [3.8, 4) is 0 Å². The maximum Gasteiger partial charge on any atom is 0.338 e. The molecule has 1 N–H and O–H groups in total. The summed E-state index contributed by atoms with van der Waals surface area (Å²) in [5.74, 6) is -1.49. The number of aliphatic carboxylic acids is 1. The molecule has 0 spiro atoms. The van der Waals surface area contributed by atoms with Crippen molar-refractivity contribution in [2.45, 2.75) is 19.8 Å². The van der Waals surface area contributed by atoms with E-state index in [1.165, 1.54) is 6.08 Å². The van der Waals surface area contributed by atoms with Crippen molar-refractivity contribution in [3.63, 3.8) is 0 Å². The molecule has 76 valence electrons. The number of hydrogen-bond acceptors (Lipinski definition) is 3. The number of carbonyl (C=O) groups excluding carboxylic acids is 1. The Bertz CT molecular complexity index is 306. The van der Waals surface area contributed by atoms with Crippen LogP contribution in [0.5, 0.6) is 0 Å². The van der Waals surface area contributed by atoms with Gasteiger partial charge in [-0.2, -0.15) is 0 Å². The van der Waals surface area contributed by atoms with Crippen molar-refractivity contribution in [3.05, 3.63) is 23.3 Å². The molecule has 1 aliphatic carbocycles. The molecule has 0 amide bonds. The quantitative estimate of drug-likeness (QED) is 0.543. The third-order valence-corrected chi connectivity index (χ3v) is 1.77. The molecule has 0 radical (unpaired) electrons. The molecule has 0 aliphatic heterocycles. The van der Waals surface area contributed by atoms with Crippen molar-refractivity contribution < 1.29 is 19.4 Å². The molecule has 0 bridgehead atoms. The Hall–Kier alpha value is -1.58. The van der Waals surface area contributed by atoms with Gasteiger partial charge >= 0.3 is 11.9 Å². The normalized spacial score (nSPS) is 14.2. The molecule has 1 saturated carbocycles. The third-order valence-electron chi connectivity index (χ3n) is 1.77. The zero-order valence-electron chi connectivity index (χ0n) is 7.95. The number of allylic oxidation sites excluding steroid dienone is 1. The van der Waals surface area contributed by atoms with E-state index in [0.29, 0.717) is 12.2 Å². The lowest BCUT2D eigenvalue weighted by Crippen LogP contribution is -2.06. The topological polar surface area (TPSA) is 63.6 Å². The summed E-state index contributed by atoms with van der Waals surface area (Å²) in [7, 11) is 0. The Labute approximate surface area is 81.9 Å². The highest BCUT2D eigenvalue weighted by molar-refractivity contribution is 5.95. The molecule has 0 aromatic rings. The molecule has 0 saturated heterocycles. The lowest BCUT2D eigenvalue weighted by molar-refractivity contribution is -0.138. The second kappa shape index (κ2) is 4.60. The first-order valence-corrected chi connectivity index (χ1v) is 4.45. The molecule has 1 fully saturated rings. The maximum atomic E-state index is 11.3. The van der Waals surface area contributed by atoms with Crippen LogP contribution in [-0.2, 0) is 14.3 Å². The minimum atomic E-state index is -1.06. The van der Waals surface area contributed by atoms with Gasteiger partial charge in [0.15, 0.2) is 0 Å². The first-order chi connectivity index (χ1) is 6.65. The first kappa shape index (κ1) is 10.5. The van der Waals surface area contributed by atoms with Gasteiger partial charge in [0.1, 0.15) is 0 Å². The molecule has 0 heterocycles. The van der Waals surface area contributed by atoms with Crippen molar-refractivity contribution in [1.29, 1.82) is 0 Å². The van der Waals surface area contributed by atoms with E-state index in [4.69, 9.17) is 9.84 Å². The van der Waals surface area contributed by atoms with Crippen LogP contribution >= 0.6 is 0 Å². The van der Waals surface area contributed by atoms with Gasteiger partial charge in [0.05, 0.1) is 12.2 Å². The highest BCUT2D eigenvalue weighted by Gasteiger charge is 2.21. The molecule has 1 aliphatic rings. The number of esters is 1. The highest BCUT2D eigenvalue weighted by atomic mass is 16.5. The predicted octanol–water partition coefficient (Wildman–Crippen LogP) is 1.28. The van der Waals surface area contributed by atoms with Crippen LogP contribution in [0, 0.1) is 0 Å². The number of hydrogen-bond donors (Lipinski definition) is 1. The van der Waals surface area contributed by atoms with Crippen LogP contribution in [0.4, 0.5) is 0 Å². The molecule has 0 unspecified atom stereocenters. The van der Waals surface area contributed by atoms with E-state index < -0.39 is 11.9 Å². The number of carbonyl (C=O) groups is 2. The summed E-state index contributed by atoms with van der Waals surface area (Å²) < 4.78 is 4.80. The Morgan fingerprint density at radius 2 is 2.07 bits per heavy atom. The SMILES string of the molecule is CCOC(=O)C(C=CC(=O)O)=C1CC1. The van der Waals surface area contributed by atoms with Gasteiger partial charge in [-0.15, -0.1) is 0 Å². The van der Waals surface area contributed by atoms with Crippen molar-refractivity contribution >= 4 is 11.9 Å². The maximum absolute atomic E-state index is 11.3. The van der Waals surface area contributed by atoms with Crippen molar-refractivity contribution in [1.82, 2.24) is 0 Å². The zero-order chi connectivity index (χ0) is 10.6. The van der Waals surface area contributed by atoms with Gasteiger partial charge in [-0.25, -0.2) is 9.59 Å². The Morgan fingerprint density at radius 1 is 1.43 bits per heavy atom. The standard InChI is InChI=1S/C10H12O4/c1-2-14-10(13)8(7-3-4-7)5-6-9(11)12/h5-6H,2-4H2,1H3,(H,11,12). The van der Waals surface area contributed by atoms with E-state index in [1.54, 1.807) is 6.92 Å². The van der Waals surface area contributed by atoms with E-state index in [1.807, 2.05) is 0 Å². The summed E-state index contributed by atoms with van der Waals surface area (Å²) in [6.45, 7) is 2.02. The third kappa shape index (κ3) is 3.05. The fourth-order valence-electron chi connectivity index (χ4n) is 1.03. The Balaban J connectivity index is 2.72. The molecule has 14 heavy (non-hydrogen) atoms. The smallest absolute Gasteiger partial charge is 0.338 e. The second-order valence-electron chi connectivity index (χ2n) is 2.91. The van der Waals surface area contributed by atoms with E-state index in [-0.39, 0.29) is 0 Å². The molecule has 1 rings (SSSR count). The van der Waals surface area contributed by atoms with Crippen LogP contribution < -0.4 is 0 Å². The van der Waals surface area contributed by atoms with Crippen LogP contribution in [0.3, 0.4) is 0 Å². The van der Waals surface area contributed by atoms with Gasteiger partial charge in [-0.3, -0.25) is 0 Å². The van der Waals surface area contributed by atoms with E-state index >= 15 is 0 Å². The lowest BCUT2D eigenvalue weighted by atomic mass is 10.2. The van der Waals surface area contributed by atoms with Gasteiger partial charge < -0.3 is 9.84 Å². The highest BCUT2D eigenvalue weighted by Crippen LogP contribution is 2.32. The first-order valence-electron chi connectivity index (χ1n) is 4.45. The summed E-state index contributed by atoms with van der Waals surface area (Å²) in [6, 6.07) is 0. The predicted molar refractivity (Wildman–Crippen MR) is 49.7 cm³/mol. The summed E-state index contributed by atoms with van der Waals surface area (Å²) in [6.07, 6.45) is 3.98. The monoisotopic (exact) mass is 196 g/mol. The number of carboxylic acids is 1. The number of carboxylic acid groups (broad SMARTS) is 1. The van der Waals surface area contributed by atoms with Gasteiger partial charge in [0, 0.05) is 6.08 Å². The summed E-state index contributed by atoms with van der Waals surface area (Å²) >= 11 is 0. The van der Waals surface area contributed by atoms with E-state index in [0.717, 1.165) is 24.5 Å². The summed E-state index contributed by atoms with van der Waals surface area (Å²) in [4.78, 5) is 21.6. The molecule has 4 heteroatoms. The lowest BCUT2D eigenvalue weighted by Gasteiger charge is -2.00. The zero-order valence-corrected chi connectivity index (χ0v) is 7.95. The van der Waals surface area contributed by atoms with Gasteiger partial charge in [0.2, 0.25) is 0 Å². The average molecular weight is 196 g/mol. The minimum Gasteiger partial charge on any atom is -0.478 e. The van der Waals surface area contributed by atoms with Crippen LogP contribution in [-0.4, -0.2) is 23.7 Å². The molecule has 0 atom stereocenters. The van der Waals surface area contributed by atoms with Gasteiger partial charge in [-0.1, -0.05) is 5.57 Å². The molecule has 4 nitrogen and oxygen atoms in total. The number of ether oxygens (including phenoxy) is 1. The van der Waals surface area contributed by atoms with Gasteiger partial charge in [-0.05, 0) is 25.8 Å². The summed E-state index contributed by atoms with van der Waals surface area (Å²) in [5, 5.41) is 8.41. The second-order valence-corrected chi connectivity index (χ2v) is 2.91. The summed E-state index contributed by atoms with van der Waals surface area (Å²) in [5.41, 5.74) is 1.37. The van der Waals surface area contributed by atoms with Crippen LogP contribution in [0.15, 0.2) is 23.3 Å². The largest absolute Gasteiger partial charge is 0.478 e. The van der Waals surface area contributed by atoms with E-state index in [9.17, 15) is 9.59 Å².